The Labute approximate surface area is 184 Å². The van der Waals surface area contributed by atoms with Crippen molar-refractivity contribution in [1.82, 2.24) is 19.9 Å². The molecule has 2 aromatic heterocycles. The third-order valence-corrected chi connectivity index (χ3v) is 6.06. The molecule has 1 amide bonds. The molecular weight excluding hydrogens is 412 g/mol. The van der Waals surface area contributed by atoms with Crippen LogP contribution in [0.25, 0.3) is 5.65 Å². The third-order valence-electron chi connectivity index (χ3n) is 6.06. The van der Waals surface area contributed by atoms with Crippen molar-refractivity contribution in [3.8, 4) is 11.5 Å². The highest BCUT2D eigenvalue weighted by molar-refractivity contribution is 5.95. The zero-order valence-electron chi connectivity index (χ0n) is 18.1. The van der Waals surface area contributed by atoms with Crippen LogP contribution < -0.4 is 20.3 Å². The normalized spacial score (nSPS) is 17.1. The highest BCUT2D eigenvalue weighted by Crippen LogP contribution is 2.33. The summed E-state index contributed by atoms with van der Waals surface area (Å²) in [6, 6.07) is 8.06. The van der Waals surface area contributed by atoms with E-state index >= 15 is 0 Å². The second-order valence-corrected chi connectivity index (χ2v) is 8.57. The molecule has 2 aliphatic heterocycles. The third kappa shape index (κ3) is 3.84. The predicted molar refractivity (Wildman–Crippen MR) is 116 cm³/mol. The number of H-pyrrole nitrogens is 1. The van der Waals surface area contributed by atoms with E-state index in [4.69, 9.17) is 19.2 Å². The summed E-state index contributed by atoms with van der Waals surface area (Å²) in [5.41, 5.74) is 2.33. The molecule has 9 heteroatoms. The minimum Gasteiger partial charge on any atom is -0.454 e. The van der Waals surface area contributed by atoms with Crippen LogP contribution in [0.3, 0.4) is 0 Å². The van der Waals surface area contributed by atoms with Gasteiger partial charge < -0.3 is 19.5 Å². The van der Waals surface area contributed by atoms with Crippen LogP contribution in [0, 0.1) is 5.92 Å². The maximum atomic E-state index is 13.0. The summed E-state index contributed by atoms with van der Waals surface area (Å²) in [5, 5.41) is 6.22. The lowest BCUT2D eigenvalue weighted by Crippen LogP contribution is -2.33. The molecule has 2 aliphatic rings. The van der Waals surface area contributed by atoms with E-state index in [9.17, 15) is 9.59 Å². The molecule has 1 atom stereocenters. The maximum Gasteiger partial charge on any atom is 0.272 e. The average Bonchev–Trinajstić information content (AvgIpc) is 3.44. The Balaban J connectivity index is 1.43. The van der Waals surface area contributed by atoms with Crippen LogP contribution in [0.4, 0.5) is 0 Å². The second kappa shape index (κ2) is 8.31. The fourth-order valence-corrected chi connectivity index (χ4v) is 4.25. The summed E-state index contributed by atoms with van der Waals surface area (Å²) >= 11 is 0. The summed E-state index contributed by atoms with van der Waals surface area (Å²) in [5.74, 6) is 1.25. The van der Waals surface area contributed by atoms with Crippen molar-refractivity contribution in [2.24, 2.45) is 5.92 Å². The number of benzene rings is 1. The molecule has 3 aromatic rings. The van der Waals surface area contributed by atoms with Crippen LogP contribution in [0.15, 0.2) is 35.1 Å². The maximum absolute atomic E-state index is 13.0. The Hall–Kier alpha value is -3.33. The van der Waals surface area contributed by atoms with Crippen molar-refractivity contribution in [2.45, 2.75) is 38.6 Å². The number of fused-ring (bicyclic) bond motifs is 2. The molecule has 0 spiro atoms. The minimum absolute atomic E-state index is 0.0243. The number of aromatic amines is 1. The van der Waals surface area contributed by atoms with Crippen molar-refractivity contribution in [3.05, 3.63) is 57.6 Å². The summed E-state index contributed by atoms with van der Waals surface area (Å²) in [4.78, 5) is 30.5. The van der Waals surface area contributed by atoms with Gasteiger partial charge in [0.1, 0.15) is 0 Å². The Bertz CT molecular complexity index is 1210. The number of nitrogens with one attached hydrogen (secondary N) is 2. The van der Waals surface area contributed by atoms with Crippen molar-refractivity contribution in [3.63, 3.8) is 0 Å². The minimum atomic E-state index is -0.424. The van der Waals surface area contributed by atoms with Gasteiger partial charge in [-0.3, -0.25) is 14.7 Å². The number of amides is 1. The lowest BCUT2D eigenvalue weighted by Gasteiger charge is -2.22. The average molecular weight is 438 g/mol. The molecule has 1 saturated heterocycles. The standard InChI is InChI=1S/C23H26N4O5/c1-13(2)22(25-23(29)15-3-4-18-19(9-15)32-12-31-18)17-11-21(28)27-20(24-17)10-16(26-27)14-5-7-30-8-6-14/h3-4,9-11,13-14,22,26H,5-8,12H2,1-2H3,(H,25,29)/t22-/m0/s1. The van der Waals surface area contributed by atoms with E-state index in [0.29, 0.717) is 34.3 Å². The molecule has 32 heavy (non-hydrogen) atoms. The summed E-state index contributed by atoms with van der Waals surface area (Å²) in [7, 11) is 0. The number of carbonyl (C=O) groups is 1. The SMILES string of the molecule is CC(C)[C@H](NC(=O)c1ccc2c(c1)OCO2)c1cc(=O)n2[nH]c(C3CCOCC3)cc2n1. The first-order valence-corrected chi connectivity index (χ1v) is 10.9. The van der Waals surface area contributed by atoms with Gasteiger partial charge in [-0.2, -0.15) is 0 Å². The Morgan fingerprint density at radius 3 is 2.72 bits per heavy atom. The van der Waals surface area contributed by atoms with Gasteiger partial charge in [0.25, 0.3) is 11.5 Å². The van der Waals surface area contributed by atoms with Crippen LogP contribution in [0.1, 0.15) is 60.4 Å². The van der Waals surface area contributed by atoms with Gasteiger partial charge >= 0.3 is 0 Å². The lowest BCUT2D eigenvalue weighted by atomic mass is 9.97. The van der Waals surface area contributed by atoms with E-state index in [-0.39, 0.29) is 24.2 Å². The van der Waals surface area contributed by atoms with Crippen LogP contribution in [0.2, 0.25) is 0 Å². The molecule has 0 bridgehead atoms. The van der Waals surface area contributed by atoms with E-state index in [1.807, 2.05) is 19.9 Å². The Morgan fingerprint density at radius 1 is 1.16 bits per heavy atom. The van der Waals surface area contributed by atoms with Gasteiger partial charge in [-0.1, -0.05) is 13.8 Å². The molecule has 9 nitrogen and oxygen atoms in total. The Morgan fingerprint density at radius 2 is 1.94 bits per heavy atom. The smallest absolute Gasteiger partial charge is 0.272 e. The largest absolute Gasteiger partial charge is 0.454 e. The van der Waals surface area contributed by atoms with Gasteiger partial charge in [-0.15, -0.1) is 0 Å². The molecule has 5 rings (SSSR count). The Kier molecular flexibility index (Phi) is 5.34. The molecule has 1 aromatic carbocycles. The van der Waals surface area contributed by atoms with Crippen LogP contribution in [0.5, 0.6) is 11.5 Å². The van der Waals surface area contributed by atoms with E-state index in [1.54, 1.807) is 18.2 Å². The van der Waals surface area contributed by atoms with Crippen molar-refractivity contribution >= 4 is 11.6 Å². The van der Waals surface area contributed by atoms with Crippen molar-refractivity contribution in [1.29, 1.82) is 0 Å². The summed E-state index contributed by atoms with van der Waals surface area (Å²) in [6.45, 7) is 5.55. The highest BCUT2D eigenvalue weighted by atomic mass is 16.7. The van der Waals surface area contributed by atoms with Gasteiger partial charge in [0.05, 0.1) is 11.7 Å². The quantitative estimate of drug-likeness (QED) is 0.634. The van der Waals surface area contributed by atoms with E-state index in [2.05, 4.69) is 10.4 Å². The van der Waals surface area contributed by atoms with Gasteiger partial charge in [-0.05, 0) is 37.0 Å². The lowest BCUT2D eigenvalue weighted by molar-refractivity contribution is 0.0844. The fraction of sp³-hybridized carbons (Fsp3) is 0.435. The first-order valence-electron chi connectivity index (χ1n) is 10.9. The number of nitrogens with zero attached hydrogens (tertiary/aromatic N) is 2. The van der Waals surface area contributed by atoms with Crippen molar-refractivity contribution in [2.75, 3.05) is 20.0 Å². The first-order chi connectivity index (χ1) is 15.5. The molecule has 0 aliphatic carbocycles. The van der Waals surface area contributed by atoms with Crippen LogP contribution >= 0.6 is 0 Å². The molecule has 0 radical (unpaired) electrons. The predicted octanol–water partition coefficient (Wildman–Crippen LogP) is 2.77. The number of ether oxygens (including phenoxy) is 3. The van der Waals surface area contributed by atoms with Crippen LogP contribution in [-0.4, -0.2) is 40.5 Å². The van der Waals surface area contributed by atoms with E-state index in [1.165, 1.54) is 10.6 Å². The van der Waals surface area contributed by atoms with Crippen LogP contribution in [-0.2, 0) is 4.74 Å². The summed E-state index contributed by atoms with van der Waals surface area (Å²) in [6.07, 6.45) is 1.82. The zero-order chi connectivity index (χ0) is 22.2. The van der Waals surface area contributed by atoms with Gasteiger partial charge in [-0.25, -0.2) is 9.50 Å². The first kappa shape index (κ1) is 20.6. The highest BCUT2D eigenvalue weighted by Gasteiger charge is 2.25. The van der Waals surface area contributed by atoms with Gasteiger partial charge in [0.2, 0.25) is 6.79 Å². The second-order valence-electron chi connectivity index (χ2n) is 8.57. The number of carbonyl (C=O) groups excluding carboxylic acids is 1. The topological polar surface area (TPSA) is 107 Å². The molecule has 2 N–H and O–H groups in total. The van der Waals surface area contributed by atoms with E-state index in [0.717, 1.165) is 31.7 Å². The fourth-order valence-electron chi connectivity index (χ4n) is 4.25. The monoisotopic (exact) mass is 438 g/mol. The van der Waals surface area contributed by atoms with Gasteiger partial charge in [0, 0.05) is 42.5 Å². The summed E-state index contributed by atoms with van der Waals surface area (Å²) < 4.78 is 17.6. The molecule has 1 fully saturated rings. The molecule has 0 unspecified atom stereocenters. The van der Waals surface area contributed by atoms with Crippen molar-refractivity contribution < 1.29 is 19.0 Å². The zero-order valence-corrected chi connectivity index (χ0v) is 18.1. The molecule has 4 heterocycles. The number of aromatic nitrogens is 3. The van der Waals surface area contributed by atoms with Gasteiger partial charge in [0.15, 0.2) is 17.1 Å². The van der Waals surface area contributed by atoms with E-state index < -0.39 is 6.04 Å². The molecular formula is C23H26N4O5. The molecule has 0 saturated carbocycles. The number of hydrogen-bond donors (Lipinski definition) is 2. The molecule has 168 valence electrons. The number of hydrogen-bond acceptors (Lipinski definition) is 6. The number of rotatable bonds is 5.